The summed E-state index contributed by atoms with van der Waals surface area (Å²) in [7, 11) is 0. The van der Waals surface area contributed by atoms with Gasteiger partial charge in [-0.2, -0.15) is 0 Å². The van der Waals surface area contributed by atoms with E-state index in [9.17, 15) is 9.59 Å². The van der Waals surface area contributed by atoms with E-state index in [4.69, 9.17) is 0 Å². The van der Waals surface area contributed by atoms with Crippen molar-refractivity contribution >= 4 is 34.1 Å². The van der Waals surface area contributed by atoms with Crippen molar-refractivity contribution in [1.29, 1.82) is 0 Å². The van der Waals surface area contributed by atoms with E-state index in [1.807, 2.05) is 83.8 Å². The molecule has 1 N–H and O–H groups in total. The standard InChI is InChI=1S/C26H21N3O2/c30-25(23-14-12-18-7-4-5-11-22(18)28-23)27-21-13-15-24-20(17-21)10-6-16-29(24)26(31)19-8-2-1-3-9-19/h1-5,7-9,11-15,17H,6,10,16H2,(H,27,30). The van der Waals surface area contributed by atoms with E-state index < -0.39 is 0 Å². The van der Waals surface area contributed by atoms with Crippen LogP contribution in [0.1, 0.15) is 32.8 Å². The van der Waals surface area contributed by atoms with E-state index in [2.05, 4.69) is 10.3 Å². The van der Waals surface area contributed by atoms with Gasteiger partial charge in [0.15, 0.2) is 0 Å². The van der Waals surface area contributed by atoms with Gasteiger partial charge in [-0.3, -0.25) is 9.59 Å². The number of fused-ring (bicyclic) bond motifs is 2. The van der Waals surface area contributed by atoms with Crippen molar-refractivity contribution in [3.63, 3.8) is 0 Å². The minimum absolute atomic E-state index is 0.00120. The molecule has 152 valence electrons. The molecule has 3 aromatic carbocycles. The molecular formula is C26H21N3O2. The highest BCUT2D eigenvalue weighted by Gasteiger charge is 2.24. The molecule has 0 saturated carbocycles. The van der Waals surface area contributed by atoms with Crippen LogP contribution < -0.4 is 10.2 Å². The average Bonchev–Trinajstić information content (AvgIpc) is 2.83. The monoisotopic (exact) mass is 407 g/mol. The Hall–Kier alpha value is -3.99. The Morgan fingerprint density at radius 1 is 0.871 bits per heavy atom. The molecule has 4 aromatic rings. The molecule has 0 unspecified atom stereocenters. The maximum Gasteiger partial charge on any atom is 0.274 e. The van der Waals surface area contributed by atoms with Crippen LogP contribution in [0.3, 0.4) is 0 Å². The van der Waals surface area contributed by atoms with E-state index in [0.29, 0.717) is 23.5 Å². The molecule has 0 atom stereocenters. The number of aromatic nitrogens is 1. The van der Waals surface area contributed by atoms with Crippen LogP contribution in [0.4, 0.5) is 11.4 Å². The van der Waals surface area contributed by atoms with Crippen molar-refractivity contribution in [1.82, 2.24) is 4.98 Å². The number of anilines is 2. The van der Waals surface area contributed by atoms with Gasteiger partial charge in [-0.25, -0.2) is 4.98 Å². The summed E-state index contributed by atoms with van der Waals surface area (Å²) in [5.74, 6) is -0.252. The van der Waals surface area contributed by atoms with Gasteiger partial charge in [0.1, 0.15) is 5.69 Å². The Labute approximate surface area is 180 Å². The second kappa shape index (κ2) is 8.03. The zero-order valence-corrected chi connectivity index (χ0v) is 16.9. The molecule has 2 heterocycles. The molecule has 1 aliphatic rings. The number of nitrogens with zero attached hydrogens (tertiary/aromatic N) is 2. The number of pyridine rings is 1. The van der Waals surface area contributed by atoms with Crippen LogP contribution in [0.25, 0.3) is 10.9 Å². The molecule has 5 nitrogen and oxygen atoms in total. The number of carbonyl (C=O) groups excluding carboxylic acids is 2. The van der Waals surface area contributed by atoms with Crippen LogP contribution in [-0.4, -0.2) is 23.3 Å². The lowest BCUT2D eigenvalue weighted by Crippen LogP contribution is -2.35. The molecule has 5 rings (SSSR count). The predicted octanol–water partition coefficient (Wildman–Crippen LogP) is 5.08. The summed E-state index contributed by atoms with van der Waals surface area (Å²) < 4.78 is 0. The molecule has 1 aliphatic heterocycles. The first-order valence-electron chi connectivity index (χ1n) is 10.4. The number of aryl methyl sites for hydroxylation is 1. The molecule has 1 aromatic heterocycles. The molecule has 31 heavy (non-hydrogen) atoms. The summed E-state index contributed by atoms with van der Waals surface area (Å²) in [5.41, 5.74) is 4.50. The number of para-hydroxylation sites is 1. The molecule has 0 fully saturated rings. The molecule has 0 radical (unpaired) electrons. The van der Waals surface area contributed by atoms with Crippen LogP contribution in [0, 0.1) is 0 Å². The van der Waals surface area contributed by atoms with Gasteiger partial charge < -0.3 is 10.2 Å². The van der Waals surface area contributed by atoms with Crippen LogP contribution in [0.15, 0.2) is 84.9 Å². The van der Waals surface area contributed by atoms with E-state index >= 15 is 0 Å². The number of hydrogen-bond donors (Lipinski definition) is 1. The topological polar surface area (TPSA) is 62.3 Å². The average molecular weight is 407 g/mol. The summed E-state index contributed by atoms with van der Waals surface area (Å²) in [6.45, 7) is 0.688. The summed E-state index contributed by atoms with van der Waals surface area (Å²) in [6.07, 6.45) is 1.75. The number of benzene rings is 3. The quantitative estimate of drug-likeness (QED) is 0.515. The Morgan fingerprint density at radius 2 is 1.68 bits per heavy atom. The Balaban J connectivity index is 1.38. The molecule has 2 amide bonds. The highest BCUT2D eigenvalue weighted by molar-refractivity contribution is 6.07. The maximum atomic E-state index is 13.0. The van der Waals surface area contributed by atoms with Gasteiger partial charge in [0.2, 0.25) is 0 Å². The zero-order chi connectivity index (χ0) is 21.2. The molecular weight excluding hydrogens is 386 g/mol. The van der Waals surface area contributed by atoms with Crippen molar-refractivity contribution < 1.29 is 9.59 Å². The predicted molar refractivity (Wildman–Crippen MR) is 123 cm³/mol. The summed E-state index contributed by atoms with van der Waals surface area (Å²) in [5, 5.41) is 3.94. The minimum Gasteiger partial charge on any atom is -0.321 e. The fourth-order valence-corrected chi connectivity index (χ4v) is 4.01. The molecule has 0 saturated heterocycles. The Kier molecular flexibility index (Phi) is 4.92. The largest absolute Gasteiger partial charge is 0.321 e. The second-order valence-electron chi connectivity index (χ2n) is 7.61. The SMILES string of the molecule is O=C(Nc1ccc2c(c1)CCCN2C(=O)c1ccccc1)c1ccc2ccccc2n1. The highest BCUT2D eigenvalue weighted by atomic mass is 16.2. The van der Waals surface area contributed by atoms with Gasteiger partial charge in [-0.1, -0.05) is 42.5 Å². The maximum absolute atomic E-state index is 13.0. The van der Waals surface area contributed by atoms with Crippen LogP contribution in [0.2, 0.25) is 0 Å². The van der Waals surface area contributed by atoms with Gasteiger partial charge >= 0.3 is 0 Å². The van der Waals surface area contributed by atoms with E-state index in [1.54, 1.807) is 6.07 Å². The smallest absolute Gasteiger partial charge is 0.274 e. The van der Waals surface area contributed by atoms with Gasteiger partial charge in [0.05, 0.1) is 5.52 Å². The lowest BCUT2D eigenvalue weighted by atomic mass is 10.00. The first kappa shape index (κ1) is 19.0. The van der Waals surface area contributed by atoms with E-state index in [-0.39, 0.29) is 11.8 Å². The number of nitrogens with one attached hydrogen (secondary N) is 1. The van der Waals surface area contributed by atoms with Gasteiger partial charge in [0, 0.05) is 28.9 Å². The van der Waals surface area contributed by atoms with Crippen molar-refractivity contribution in [2.24, 2.45) is 0 Å². The first-order chi connectivity index (χ1) is 15.2. The lowest BCUT2D eigenvalue weighted by molar-refractivity contribution is 0.0983. The molecule has 0 bridgehead atoms. The van der Waals surface area contributed by atoms with Gasteiger partial charge in [-0.15, -0.1) is 0 Å². The van der Waals surface area contributed by atoms with Crippen LogP contribution in [-0.2, 0) is 6.42 Å². The second-order valence-corrected chi connectivity index (χ2v) is 7.61. The Bertz CT molecular complexity index is 1280. The molecule has 0 aliphatic carbocycles. The van der Waals surface area contributed by atoms with Crippen LogP contribution >= 0.6 is 0 Å². The summed E-state index contributed by atoms with van der Waals surface area (Å²) in [6, 6.07) is 26.4. The lowest BCUT2D eigenvalue weighted by Gasteiger charge is -2.30. The minimum atomic E-state index is -0.251. The molecule has 0 spiro atoms. The fraction of sp³-hybridized carbons (Fsp3) is 0.115. The van der Waals surface area contributed by atoms with E-state index in [0.717, 1.165) is 35.0 Å². The summed E-state index contributed by atoms with van der Waals surface area (Å²) in [4.78, 5) is 32.0. The van der Waals surface area contributed by atoms with Crippen LogP contribution in [0.5, 0.6) is 0 Å². The first-order valence-corrected chi connectivity index (χ1v) is 10.4. The summed E-state index contributed by atoms with van der Waals surface area (Å²) >= 11 is 0. The number of rotatable bonds is 3. The Morgan fingerprint density at radius 3 is 2.55 bits per heavy atom. The number of hydrogen-bond acceptors (Lipinski definition) is 3. The zero-order valence-electron chi connectivity index (χ0n) is 16.9. The third kappa shape index (κ3) is 3.78. The third-order valence-electron chi connectivity index (χ3n) is 5.55. The van der Waals surface area contributed by atoms with Crippen molar-refractivity contribution in [2.45, 2.75) is 12.8 Å². The van der Waals surface area contributed by atoms with Gasteiger partial charge in [-0.05, 0) is 60.9 Å². The van der Waals surface area contributed by atoms with Crippen molar-refractivity contribution in [3.8, 4) is 0 Å². The fourth-order valence-electron chi connectivity index (χ4n) is 4.01. The normalized spacial score (nSPS) is 13.0. The van der Waals surface area contributed by atoms with Gasteiger partial charge in [0.25, 0.3) is 11.8 Å². The van der Waals surface area contributed by atoms with Crippen molar-refractivity contribution in [2.75, 3.05) is 16.8 Å². The van der Waals surface area contributed by atoms with E-state index in [1.165, 1.54) is 0 Å². The third-order valence-corrected chi connectivity index (χ3v) is 5.55. The van der Waals surface area contributed by atoms with Crippen molar-refractivity contribution in [3.05, 3.63) is 102 Å². The molecule has 5 heteroatoms. The highest BCUT2D eigenvalue weighted by Crippen LogP contribution is 2.31. The number of carbonyl (C=O) groups is 2. The number of amides is 2.